The first-order chi connectivity index (χ1) is 14.6. The van der Waals surface area contributed by atoms with Crippen molar-refractivity contribution >= 4 is 29.3 Å². The van der Waals surface area contributed by atoms with E-state index in [1.54, 1.807) is 18.0 Å². The molecule has 0 aromatic heterocycles. The minimum atomic E-state index is -1.02. The molecule has 2 amide bonds. The summed E-state index contributed by atoms with van der Waals surface area (Å²) in [5.74, 6) is -0.678. The standard InChI is InChI=1S/C25H21N3O2/c1-28-21-15-9-8-14-20(21)23(19-12-6-3-7-13-19)27-24(25(28)30)26-22(29)17-16-18-10-4-2-5-11-18/h2-17,24H,1H3,(H,26,29)/t24-/m1/s1. The van der Waals surface area contributed by atoms with Crippen LogP contribution >= 0.6 is 0 Å². The molecule has 5 nitrogen and oxygen atoms in total. The second-order valence-corrected chi connectivity index (χ2v) is 6.91. The summed E-state index contributed by atoms with van der Waals surface area (Å²) in [6, 6.07) is 26.8. The molecule has 3 aromatic rings. The number of hydrogen-bond acceptors (Lipinski definition) is 3. The van der Waals surface area contributed by atoms with Crippen molar-refractivity contribution in [2.24, 2.45) is 4.99 Å². The first kappa shape index (κ1) is 19.3. The van der Waals surface area contributed by atoms with Crippen molar-refractivity contribution < 1.29 is 9.59 Å². The third kappa shape index (κ3) is 4.05. The van der Waals surface area contributed by atoms with Crippen molar-refractivity contribution in [3.8, 4) is 0 Å². The highest BCUT2D eigenvalue weighted by Gasteiger charge is 2.30. The molecule has 4 rings (SSSR count). The zero-order valence-electron chi connectivity index (χ0n) is 16.5. The fraction of sp³-hybridized carbons (Fsp3) is 0.0800. The number of anilines is 1. The first-order valence-corrected chi connectivity index (χ1v) is 9.67. The van der Waals surface area contributed by atoms with Crippen molar-refractivity contribution in [1.82, 2.24) is 5.32 Å². The molecule has 0 bridgehead atoms. The number of likely N-dealkylation sites (N-methyl/N-ethyl adjacent to an activating group) is 1. The first-order valence-electron chi connectivity index (χ1n) is 9.67. The molecule has 0 saturated heterocycles. The van der Waals surface area contributed by atoms with E-state index in [-0.39, 0.29) is 11.8 Å². The molecule has 0 radical (unpaired) electrons. The third-order valence-electron chi connectivity index (χ3n) is 4.90. The highest BCUT2D eigenvalue weighted by molar-refractivity contribution is 6.20. The van der Waals surface area contributed by atoms with Crippen LogP contribution in [0.3, 0.4) is 0 Å². The summed E-state index contributed by atoms with van der Waals surface area (Å²) >= 11 is 0. The van der Waals surface area contributed by atoms with Crippen molar-refractivity contribution in [2.75, 3.05) is 11.9 Å². The zero-order chi connectivity index (χ0) is 20.9. The largest absolute Gasteiger partial charge is 0.323 e. The molecular weight excluding hydrogens is 374 g/mol. The van der Waals surface area contributed by atoms with Gasteiger partial charge in [0.1, 0.15) is 0 Å². The van der Waals surface area contributed by atoms with E-state index >= 15 is 0 Å². The number of benzodiazepines with no additional fused rings is 1. The number of fused-ring (bicyclic) bond motifs is 1. The highest BCUT2D eigenvalue weighted by atomic mass is 16.2. The number of nitrogens with one attached hydrogen (secondary N) is 1. The summed E-state index contributed by atoms with van der Waals surface area (Å²) in [5.41, 5.74) is 4.05. The van der Waals surface area contributed by atoms with Crippen LogP contribution in [0.15, 0.2) is 96.0 Å². The van der Waals surface area contributed by atoms with E-state index in [9.17, 15) is 9.59 Å². The Hall–Kier alpha value is -3.99. The molecule has 30 heavy (non-hydrogen) atoms. The van der Waals surface area contributed by atoms with E-state index in [4.69, 9.17) is 0 Å². The number of rotatable bonds is 4. The number of nitrogens with zero attached hydrogens (tertiary/aromatic N) is 2. The van der Waals surface area contributed by atoms with E-state index < -0.39 is 6.17 Å². The van der Waals surface area contributed by atoms with Crippen LogP contribution in [0.5, 0.6) is 0 Å². The molecule has 148 valence electrons. The van der Waals surface area contributed by atoms with Crippen LogP contribution in [-0.4, -0.2) is 30.7 Å². The lowest BCUT2D eigenvalue weighted by Crippen LogP contribution is -2.45. The molecule has 0 aliphatic carbocycles. The lowest BCUT2D eigenvalue weighted by molar-refractivity contribution is -0.124. The Labute approximate surface area is 175 Å². The van der Waals surface area contributed by atoms with Crippen LogP contribution in [0.1, 0.15) is 16.7 Å². The molecule has 3 aromatic carbocycles. The molecule has 1 N–H and O–H groups in total. The second kappa shape index (κ2) is 8.57. The van der Waals surface area contributed by atoms with Crippen LogP contribution < -0.4 is 10.2 Å². The smallest absolute Gasteiger partial charge is 0.272 e. The minimum absolute atomic E-state index is 0.296. The van der Waals surface area contributed by atoms with Gasteiger partial charge < -0.3 is 10.2 Å². The summed E-state index contributed by atoms with van der Waals surface area (Å²) in [5, 5.41) is 2.74. The van der Waals surface area contributed by atoms with Gasteiger partial charge in [0.25, 0.3) is 5.91 Å². The van der Waals surface area contributed by atoms with Gasteiger partial charge in [-0.25, -0.2) is 4.99 Å². The SMILES string of the molecule is CN1C(=O)[C@H](NC(=O)C=Cc2ccccc2)N=C(c2ccccc2)c2ccccc21. The minimum Gasteiger partial charge on any atom is -0.323 e. The van der Waals surface area contributed by atoms with Gasteiger partial charge in [-0.2, -0.15) is 0 Å². The average Bonchev–Trinajstić information content (AvgIpc) is 2.90. The van der Waals surface area contributed by atoms with E-state index in [1.807, 2.05) is 84.9 Å². The Kier molecular flexibility index (Phi) is 5.52. The van der Waals surface area contributed by atoms with Crippen LogP contribution in [0.2, 0.25) is 0 Å². The van der Waals surface area contributed by atoms with Gasteiger partial charge in [0.05, 0.1) is 11.4 Å². The average molecular weight is 395 g/mol. The molecule has 1 aliphatic rings. The monoisotopic (exact) mass is 395 g/mol. The number of amides is 2. The third-order valence-corrected chi connectivity index (χ3v) is 4.90. The van der Waals surface area contributed by atoms with Gasteiger partial charge in [0.15, 0.2) is 0 Å². The molecule has 1 aliphatic heterocycles. The van der Waals surface area contributed by atoms with Crippen LogP contribution in [0.4, 0.5) is 5.69 Å². The Morgan fingerprint density at radius 2 is 1.57 bits per heavy atom. The Morgan fingerprint density at radius 1 is 0.933 bits per heavy atom. The van der Waals surface area contributed by atoms with Gasteiger partial charge in [0, 0.05) is 24.3 Å². The summed E-state index contributed by atoms with van der Waals surface area (Å²) in [6.07, 6.45) is 2.10. The van der Waals surface area contributed by atoms with Crippen molar-refractivity contribution in [2.45, 2.75) is 6.17 Å². The van der Waals surface area contributed by atoms with Crippen LogP contribution in [0, 0.1) is 0 Å². The maximum absolute atomic E-state index is 13.1. The van der Waals surface area contributed by atoms with E-state index in [2.05, 4.69) is 10.3 Å². The Morgan fingerprint density at radius 3 is 2.30 bits per heavy atom. The maximum Gasteiger partial charge on any atom is 0.272 e. The number of para-hydroxylation sites is 1. The van der Waals surface area contributed by atoms with Gasteiger partial charge >= 0.3 is 0 Å². The van der Waals surface area contributed by atoms with E-state index in [0.29, 0.717) is 5.71 Å². The molecule has 0 fully saturated rings. The second-order valence-electron chi connectivity index (χ2n) is 6.91. The molecular formula is C25H21N3O2. The van der Waals surface area contributed by atoms with Gasteiger partial charge in [-0.15, -0.1) is 0 Å². The summed E-state index contributed by atoms with van der Waals surface area (Å²) in [4.78, 5) is 31.8. The van der Waals surface area contributed by atoms with E-state index in [1.165, 1.54) is 6.08 Å². The van der Waals surface area contributed by atoms with Crippen molar-refractivity contribution in [1.29, 1.82) is 0 Å². The van der Waals surface area contributed by atoms with Crippen molar-refractivity contribution in [3.63, 3.8) is 0 Å². The fourth-order valence-electron chi connectivity index (χ4n) is 3.36. The quantitative estimate of drug-likeness (QED) is 0.686. The molecule has 0 spiro atoms. The van der Waals surface area contributed by atoms with Gasteiger partial charge in [-0.1, -0.05) is 78.9 Å². The lowest BCUT2D eigenvalue weighted by atomic mass is 10.0. The lowest BCUT2D eigenvalue weighted by Gasteiger charge is -2.20. The number of aliphatic imine (C=N–C) groups is 1. The predicted octanol–water partition coefficient (Wildman–Crippen LogP) is 3.66. The molecule has 1 heterocycles. The molecule has 5 heteroatoms. The summed E-state index contributed by atoms with van der Waals surface area (Å²) in [7, 11) is 1.70. The predicted molar refractivity (Wildman–Crippen MR) is 119 cm³/mol. The topological polar surface area (TPSA) is 61.8 Å². The fourth-order valence-corrected chi connectivity index (χ4v) is 3.36. The van der Waals surface area contributed by atoms with Crippen molar-refractivity contribution in [3.05, 3.63) is 108 Å². The number of hydrogen-bond donors (Lipinski definition) is 1. The number of carbonyl (C=O) groups is 2. The molecule has 0 saturated carbocycles. The maximum atomic E-state index is 13.1. The van der Waals surface area contributed by atoms with Crippen LogP contribution in [-0.2, 0) is 9.59 Å². The number of benzene rings is 3. The van der Waals surface area contributed by atoms with Gasteiger partial charge in [-0.3, -0.25) is 9.59 Å². The van der Waals surface area contributed by atoms with Crippen LogP contribution in [0.25, 0.3) is 6.08 Å². The highest BCUT2D eigenvalue weighted by Crippen LogP contribution is 2.27. The summed E-state index contributed by atoms with van der Waals surface area (Å²) < 4.78 is 0. The number of carbonyl (C=O) groups excluding carboxylic acids is 2. The Bertz CT molecular complexity index is 1120. The van der Waals surface area contributed by atoms with E-state index in [0.717, 1.165) is 22.4 Å². The Balaban J connectivity index is 1.68. The van der Waals surface area contributed by atoms with Gasteiger partial charge in [0.2, 0.25) is 12.1 Å². The molecule has 1 atom stereocenters. The molecule has 0 unspecified atom stereocenters. The van der Waals surface area contributed by atoms with Gasteiger partial charge in [-0.05, 0) is 17.7 Å². The normalized spacial score (nSPS) is 16.0. The summed E-state index contributed by atoms with van der Waals surface area (Å²) in [6.45, 7) is 0. The zero-order valence-corrected chi connectivity index (χ0v) is 16.5.